The van der Waals surface area contributed by atoms with Gasteiger partial charge in [-0.3, -0.25) is 15.5 Å². The van der Waals surface area contributed by atoms with Crippen LogP contribution >= 0.6 is 0 Å². The molecule has 4 rings (SSSR count). The van der Waals surface area contributed by atoms with Gasteiger partial charge in [0.2, 0.25) is 0 Å². The molecule has 0 aromatic heterocycles. The van der Waals surface area contributed by atoms with E-state index in [0.717, 1.165) is 55.4 Å². The van der Waals surface area contributed by atoms with Gasteiger partial charge in [-0.2, -0.15) is 0 Å². The van der Waals surface area contributed by atoms with Crippen LogP contribution in [0.1, 0.15) is 95.9 Å². The number of urea groups is 1. The fourth-order valence-corrected chi connectivity index (χ4v) is 4.98. The molecule has 8 heteroatoms. The number of hydrogen-bond donors (Lipinski definition) is 4. The predicted molar refractivity (Wildman–Crippen MR) is 190 cm³/mol. The number of unbranched alkanes of at least 4 members (excludes halogenated alkanes) is 2. The van der Waals surface area contributed by atoms with Crippen LogP contribution in [0.25, 0.3) is 5.57 Å². The third-order valence-corrected chi connectivity index (χ3v) is 8.08. The van der Waals surface area contributed by atoms with Crippen molar-refractivity contribution in [1.82, 2.24) is 20.9 Å². The monoisotopic (exact) mass is 629 g/mol. The molecule has 0 radical (unpaired) electrons. The summed E-state index contributed by atoms with van der Waals surface area (Å²) in [6.07, 6.45) is 9.74. The third kappa shape index (κ3) is 12.4. The van der Waals surface area contributed by atoms with E-state index in [1.807, 2.05) is 43.0 Å². The zero-order valence-electron chi connectivity index (χ0n) is 29.0. The molecule has 2 aromatic carbocycles. The molecule has 2 aliphatic heterocycles. The molecular formula is C38H55N5O3. The minimum atomic E-state index is -0.804. The maximum absolute atomic E-state index is 11.4. The molecule has 3 amide bonds. The first kappa shape index (κ1) is 38.1. The average molecular weight is 630 g/mol. The van der Waals surface area contributed by atoms with Crippen LogP contribution in [-0.2, 0) is 11.2 Å². The molecule has 2 atom stereocenters. The number of ether oxygens (including phenoxy) is 1. The lowest BCUT2D eigenvalue weighted by atomic mass is 9.92. The highest BCUT2D eigenvalue weighted by molar-refractivity contribution is 6.05. The van der Waals surface area contributed by atoms with E-state index in [2.05, 4.69) is 79.8 Å². The second kappa shape index (κ2) is 20.8. The summed E-state index contributed by atoms with van der Waals surface area (Å²) >= 11 is 0. The number of amides is 3. The zero-order chi connectivity index (χ0) is 33.9. The molecule has 0 spiro atoms. The first-order chi connectivity index (χ1) is 22.2. The molecule has 2 saturated heterocycles. The van der Waals surface area contributed by atoms with Crippen LogP contribution in [0.15, 0.2) is 48.5 Å². The summed E-state index contributed by atoms with van der Waals surface area (Å²) in [5.74, 6) is 7.42. The Labute approximate surface area is 277 Å². The van der Waals surface area contributed by atoms with Gasteiger partial charge in [0.05, 0.1) is 7.11 Å². The molecule has 46 heavy (non-hydrogen) atoms. The number of amidine groups is 1. The van der Waals surface area contributed by atoms with Gasteiger partial charge in [0, 0.05) is 37.3 Å². The molecular weight excluding hydrogens is 574 g/mol. The van der Waals surface area contributed by atoms with E-state index >= 15 is 0 Å². The highest BCUT2D eigenvalue weighted by atomic mass is 16.5. The lowest BCUT2D eigenvalue weighted by Crippen LogP contribution is -2.46. The molecule has 0 saturated carbocycles. The second-order valence-electron chi connectivity index (χ2n) is 11.4. The summed E-state index contributed by atoms with van der Waals surface area (Å²) in [6.45, 7) is 16.5. The highest BCUT2D eigenvalue weighted by Crippen LogP contribution is 2.27. The Morgan fingerprint density at radius 2 is 1.80 bits per heavy atom. The van der Waals surface area contributed by atoms with Gasteiger partial charge >= 0.3 is 6.03 Å². The van der Waals surface area contributed by atoms with E-state index in [-0.39, 0.29) is 0 Å². The van der Waals surface area contributed by atoms with E-state index in [0.29, 0.717) is 5.84 Å². The van der Waals surface area contributed by atoms with E-state index < -0.39 is 18.0 Å². The number of carbonyl (C=O) groups is 2. The fourth-order valence-electron chi connectivity index (χ4n) is 4.98. The Hall–Kier alpha value is -4.09. The Morgan fingerprint density at radius 3 is 2.39 bits per heavy atom. The molecule has 250 valence electrons. The molecule has 4 N–H and O–H groups in total. The van der Waals surface area contributed by atoms with Crippen molar-refractivity contribution in [3.8, 4) is 17.6 Å². The van der Waals surface area contributed by atoms with E-state index in [1.165, 1.54) is 48.8 Å². The standard InChI is InChI=1S/C20H32O.C16H17N5O2.C2H6/c1-6-8-9-10-17(4)20-14-13-19(21-5)15-18(20)12-11-16(3)7-2;17-14(21-9-7-18-8-10-21)12-4-1-11(2-5-12)3-6-13-15(22)20-16(23)19-13;1-2/h10,13-16H,6-9,11-12H2,1-5H3;1-2,4-5,13,17-18H,7-10H2,(H2,19,20,22,23);1-2H3/b17-10-;;. The van der Waals surface area contributed by atoms with Gasteiger partial charge < -0.3 is 20.3 Å². The van der Waals surface area contributed by atoms with Crippen molar-refractivity contribution >= 4 is 23.3 Å². The first-order valence-corrected chi connectivity index (χ1v) is 16.9. The minimum Gasteiger partial charge on any atom is -0.497 e. The molecule has 2 unspecified atom stereocenters. The molecule has 8 nitrogen and oxygen atoms in total. The van der Waals surface area contributed by atoms with Crippen LogP contribution in [0, 0.1) is 23.2 Å². The number of benzene rings is 2. The Balaban J connectivity index is 0.000000305. The molecule has 2 aliphatic rings. The number of nitrogens with one attached hydrogen (secondary N) is 4. The van der Waals surface area contributed by atoms with Gasteiger partial charge in [-0.1, -0.05) is 90.0 Å². The number of hydrogen-bond acceptors (Lipinski definition) is 5. The number of aryl methyl sites for hydroxylation is 1. The maximum Gasteiger partial charge on any atom is 0.322 e. The summed E-state index contributed by atoms with van der Waals surface area (Å²) in [6, 6.07) is 12.5. The first-order valence-electron chi connectivity index (χ1n) is 16.9. The molecule has 0 aliphatic carbocycles. The van der Waals surface area contributed by atoms with Gasteiger partial charge in [-0.25, -0.2) is 4.79 Å². The Morgan fingerprint density at radius 1 is 1.11 bits per heavy atom. The summed E-state index contributed by atoms with van der Waals surface area (Å²) in [5, 5.41) is 16.1. The summed E-state index contributed by atoms with van der Waals surface area (Å²) in [4.78, 5) is 24.4. The zero-order valence-corrected chi connectivity index (χ0v) is 29.0. The van der Waals surface area contributed by atoms with Crippen molar-refractivity contribution in [3.63, 3.8) is 0 Å². The summed E-state index contributed by atoms with van der Waals surface area (Å²) < 4.78 is 5.40. The SMILES string of the molecule is CC.CCCC/C=C(/C)c1ccc(OC)cc1CCC(C)CC.N=C(c1ccc(C#CC2NC(=O)NC2=O)cc1)N1CCNCC1. The van der Waals surface area contributed by atoms with Crippen LogP contribution in [0.4, 0.5) is 4.79 Å². The van der Waals surface area contributed by atoms with Gasteiger partial charge in [-0.05, 0) is 73.1 Å². The highest BCUT2D eigenvalue weighted by Gasteiger charge is 2.27. The van der Waals surface area contributed by atoms with Gasteiger partial charge in [0.25, 0.3) is 5.91 Å². The topological polar surface area (TPSA) is 107 Å². The quantitative estimate of drug-likeness (QED) is 0.0763. The van der Waals surface area contributed by atoms with E-state index in [9.17, 15) is 9.59 Å². The van der Waals surface area contributed by atoms with Gasteiger partial charge in [-0.15, -0.1) is 0 Å². The van der Waals surface area contributed by atoms with Crippen molar-refractivity contribution in [1.29, 1.82) is 5.41 Å². The molecule has 0 bridgehead atoms. The lowest BCUT2D eigenvalue weighted by Gasteiger charge is -2.29. The van der Waals surface area contributed by atoms with Gasteiger partial charge in [0.15, 0.2) is 6.04 Å². The number of imide groups is 1. The van der Waals surface area contributed by atoms with Crippen LogP contribution in [0.3, 0.4) is 0 Å². The van der Waals surface area contributed by atoms with E-state index in [1.54, 1.807) is 7.11 Å². The third-order valence-electron chi connectivity index (χ3n) is 8.08. The number of rotatable bonds is 10. The van der Waals surface area contributed by atoms with Crippen LogP contribution in [0.2, 0.25) is 0 Å². The summed E-state index contributed by atoms with van der Waals surface area (Å²) in [7, 11) is 1.75. The van der Waals surface area contributed by atoms with Crippen molar-refractivity contribution in [3.05, 3.63) is 70.8 Å². The minimum absolute atomic E-state index is 0.431. The predicted octanol–water partition coefficient (Wildman–Crippen LogP) is 6.77. The number of piperazine rings is 1. The number of carbonyl (C=O) groups excluding carboxylic acids is 2. The van der Waals surface area contributed by atoms with Crippen LogP contribution < -0.4 is 20.7 Å². The second-order valence-corrected chi connectivity index (χ2v) is 11.4. The smallest absolute Gasteiger partial charge is 0.322 e. The van der Waals surface area contributed by atoms with Crippen LogP contribution in [-0.4, -0.2) is 62.0 Å². The fraction of sp³-hybridized carbons (Fsp3) is 0.500. The van der Waals surface area contributed by atoms with Gasteiger partial charge in [0.1, 0.15) is 11.6 Å². The number of methoxy groups -OCH3 is 1. The summed E-state index contributed by atoms with van der Waals surface area (Å²) in [5.41, 5.74) is 5.81. The maximum atomic E-state index is 11.4. The van der Waals surface area contributed by atoms with Crippen molar-refractivity contribution in [2.45, 2.75) is 86.1 Å². The molecule has 2 heterocycles. The lowest BCUT2D eigenvalue weighted by molar-refractivity contribution is -0.119. The van der Waals surface area contributed by atoms with Crippen LogP contribution in [0.5, 0.6) is 5.75 Å². The largest absolute Gasteiger partial charge is 0.497 e. The van der Waals surface area contributed by atoms with Crippen molar-refractivity contribution < 1.29 is 14.3 Å². The molecule has 2 aromatic rings. The Bertz CT molecular complexity index is 1350. The molecule has 2 fully saturated rings. The number of allylic oxidation sites excluding steroid dienone is 2. The number of nitrogens with zero attached hydrogens (tertiary/aromatic N) is 1. The average Bonchev–Trinajstić information content (AvgIpc) is 3.43. The van der Waals surface area contributed by atoms with E-state index in [4.69, 9.17) is 10.1 Å². The van der Waals surface area contributed by atoms with Crippen molar-refractivity contribution in [2.75, 3.05) is 33.3 Å². The normalized spacial score (nSPS) is 16.4. The van der Waals surface area contributed by atoms with Crippen molar-refractivity contribution in [2.24, 2.45) is 5.92 Å². The Kier molecular flexibility index (Phi) is 17.3.